The van der Waals surface area contributed by atoms with Gasteiger partial charge in [0, 0.05) is 24.0 Å². The molecule has 2 aromatic heterocycles. The molecule has 3 heteroatoms. The second-order valence-corrected chi connectivity index (χ2v) is 3.73. The molecule has 0 aromatic carbocycles. The highest BCUT2D eigenvalue weighted by Gasteiger charge is 2.04. The maximum Gasteiger partial charge on any atom is 0.0482 e. The van der Waals surface area contributed by atoms with Gasteiger partial charge in [0.05, 0.1) is 0 Å². The molecule has 2 heterocycles. The van der Waals surface area contributed by atoms with Gasteiger partial charge in [-0.2, -0.15) is 0 Å². The van der Waals surface area contributed by atoms with Gasteiger partial charge in [-0.3, -0.25) is 0 Å². The number of hydrogen-bond donors (Lipinski definition) is 1. The number of nitrogens with zero attached hydrogens (tertiary/aromatic N) is 1. The average Bonchev–Trinajstić information content (AvgIpc) is 2.62. The van der Waals surface area contributed by atoms with Crippen molar-refractivity contribution >= 4 is 17.9 Å². The third kappa shape index (κ3) is 2.52. The second kappa shape index (κ2) is 5.19. The Hall–Kier alpha value is -0.990. The maximum atomic E-state index is 3.26. The van der Waals surface area contributed by atoms with Crippen molar-refractivity contribution in [2.45, 2.75) is 19.4 Å². The van der Waals surface area contributed by atoms with Gasteiger partial charge >= 0.3 is 0 Å². The van der Waals surface area contributed by atoms with Gasteiger partial charge in [-0.1, -0.05) is 6.07 Å². The van der Waals surface area contributed by atoms with Crippen molar-refractivity contribution in [2.24, 2.45) is 0 Å². The molecule has 82 valence electrons. The SMILES string of the molecule is CNC(C)Cc1ccn2ccccc12.Cl. The van der Waals surface area contributed by atoms with Gasteiger partial charge in [0.1, 0.15) is 0 Å². The van der Waals surface area contributed by atoms with Crippen molar-refractivity contribution < 1.29 is 0 Å². The Bertz CT molecular complexity index is 422. The molecule has 1 atom stereocenters. The van der Waals surface area contributed by atoms with Crippen LogP contribution in [-0.2, 0) is 6.42 Å². The van der Waals surface area contributed by atoms with Gasteiger partial charge < -0.3 is 9.72 Å². The lowest BCUT2D eigenvalue weighted by Crippen LogP contribution is -2.23. The monoisotopic (exact) mass is 224 g/mol. The topological polar surface area (TPSA) is 16.4 Å². The van der Waals surface area contributed by atoms with Crippen LogP contribution in [0.3, 0.4) is 0 Å². The number of likely N-dealkylation sites (N-methyl/N-ethyl adjacent to an activating group) is 1. The smallest absolute Gasteiger partial charge is 0.0482 e. The van der Waals surface area contributed by atoms with Gasteiger partial charge in [0.25, 0.3) is 0 Å². The number of hydrogen-bond acceptors (Lipinski definition) is 1. The Morgan fingerprint density at radius 2 is 2.07 bits per heavy atom. The first-order valence-electron chi connectivity index (χ1n) is 5.03. The minimum atomic E-state index is 0. The zero-order valence-corrected chi connectivity index (χ0v) is 9.92. The Kier molecular flexibility index (Phi) is 4.18. The van der Waals surface area contributed by atoms with E-state index in [0.717, 1.165) is 6.42 Å². The van der Waals surface area contributed by atoms with Crippen molar-refractivity contribution in [2.75, 3.05) is 7.05 Å². The molecule has 0 spiro atoms. The van der Waals surface area contributed by atoms with Crippen LogP contribution in [-0.4, -0.2) is 17.5 Å². The number of fused-ring (bicyclic) bond motifs is 1. The molecule has 0 aliphatic carbocycles. The lowest BCUT2D eigenvalue weighted by Gasteiger charge is -2.08. The minimum Gasteiger partial charge on any atom is -0.324 e. The molecular weight excluding hydrogens is 208 g/mol. The summed E-state index contributed by atoms with van der Waals surface area (Å²) < 4.78 is 2.16. The molecule has 0 saturated carbocycles. The third-order valence-corrected chi connectivity index (χ3v) is 2.67. The van der Waals surface area contributed by atoms with Gasteiger partial charge in [0.2, 0.25) is 0 Å². The molecule has 0 radical (unpaired) electrons. The Morgan fingerprint density at radius 3 is 2.80 bits per heavy atom. The van der Waals surface area contributed by atoms with Crippen LogP contribution in [0.5, 0.6) is 0 Å². The molecule has 15 heavy (non-hydrogen) atoms. The molecule has 0 aliphatic rings. The molecule has 2 rings (SSSR count). The highest BCUT2D eigenvalue weighted by Crippen LogP contribution is 2.13. The van der Waals surface area contributed by atoms with E-state index in [2.05, 4.69) is 53.3 Å². The fourth-order valence-corrected chi connectivity index (χ4v) is 1.72. The van der Waals surface area contributed by atoms with Crippen LogP contribution < -0.4 is 5.32 Å². The van der Waals surface area contributed by atoms with Crippen LogP contribution in [0, 0.1) is 0 Å². The zero-order valence-electron chi connectivity index (χ0n) is 9.10. The number of nitrogens with one attached hydrogen (secondary N) is 1. The van der Waals surface area contributed by atoms with E-state index in [9.17, 15) is 0 Å². The minimum absolute atomic E-state index is 0. The summed E-state index contributed by atoms with van der Waals surface area (Å²) in [5, 5.41) is 3.26. The summed E-state index contributed by atoms with van der Waals surface area (Å²) in [6.07, 6.45) is 5.28. The van der Waals surface area contributed by atoms with Crippen LogP contribution >= 0.6 is 12.4 Å². The predicted octanol–water partition coefficient (Wildman–Crippen LogP) is 2.51. The fraction of sp³-hybridized carbons (Fsp3) is 0.333. The Balaban J connectivity index is 0.00000112. The van der Waals surface area contributed by atoms with Crippen molar-refractivity contribution in [1.29, 1.82) is 0 Å². The summed E-state index contributed by atoms with van der Waals surface area (Å²) in [5.41, 5.74) is 2.72. The van der Waals surface area contributed by atoms with E-state index in [1.807, 2.05) is 7.05 Å². The Labute approximate surface area is 96.7 Å². The summed E-state index contributed by atoms with van der Waals surface area (Å²) in [7, 11) is 2.00. The van der Waals surface area contributed by atoms with E-state index in [1.165, 1.54) is 11.1 Å². The summed E-state index contributed by atoms with van der Waals surface area (Å²) in [6.45, 7) is 2.20. The van der Waals surface area contributed by atoms with E-state index >= 15 is 0 Å². The van der Waals surface area contributed by atoms with Crippen LogP contribution in [0.4, 0.5) is 0 Å². The molecule has 0 aliphatic heterocycles. The van der Waals surface area contributed by atoms with Gasteiger partial charge in [-0.15, -0.1) is 12.4 Å². The van der Waals surface area contributed by atoms with Crippen LogP contribution in [0.2, 0.25) is 0 Å². The lowest BCUT2D eigenvalue weighted by molar-refractivity contribution is 0.610. The summed E-state index contributed by atoms with van der Waals surface area (Å²) >= 11 is 0. The first-order chi connectivity index (χ1) is 6.81. The van der Waals surface area contributed by atoms with E-state index in [1.54, 1.807) is 0 Å². The first-order valence-corrected chi connectivity index (χ1v) is 5.03. The maximum absolute atomic E-state index is 3.26. The highest BCUT2D eigenvalue weighted by atomic mass is 35.5. The Morgan fingerprint density at radius 1 is 1.27 bits per heavy atom. The normalized spacial score (nSPS) is 12.4. The summed E-state index contributed by atoms with van der Waals surface area (Å²) in [5.74, 6) is 0. The molecule has 0 fully saturated rings. The van der Waals surface area contributed by atoms with Crippen molar-refractivity contribution in [1.82, 2.24) is 9.72 Å². The summed E-state index contributed by atoms with van der Waals surface area (Å²) in [4.78, 5) is 0. The number of halogens is 1. The van der Waals surface area contributed by atoms with Crippen LogP contribution in [0.25, 0.3) is 5.52 Å². The fourth-order valence-electron chi connectivity index (χ4n) is 1.72. The van der Waals surface area contributed by atoms with Crippen LogP contribution in [0.15, 0.2) is 36.7 Å². The standard InChI is InChI=1S/C12H16N2.ClH/c1-10(13-2)9-11-6-8-14-7-4-3-5-12(11)14;/h3-8,10,13H,9H2,1-2H3;1H. The van der Waals surface area contributed by atoms with Gasteiger partial charge in [0.15, 0.2) is 0 Å². The van der Waals surface area contributed by atoms with Gasteiger partial charge in [-0.25, -0.2) is 0 Å². The van der Waals surface area contributed by atoms with Gasteiger partial charge in [-0.05, 0) is 44.2 Å². The quantitative estimate of drug-likeness (QED) is 0.848. The lowest BCUT2D eigenvalue weighted by atomic mass is 10.1. The molecule has 2 aromatic rings. The van der Waals surface area contributed by atoms with E-state index in [0.29, 0.717) is 6.04 Å². The average molecular weight is 225 g/mol. The van der Waals surface area contributed by atoms with Crippen molar-refractivity contribution in [3.05, 3.63) is 42.2 Å². The van der Waals surface area contributed by atoms with E-state index in [-0.39, 0.29) is 12.4 Å². The molecule has 1 unspecified atom stereocenters. The molecule has 0 saturated heterocycles. The van der Waals surface area contributed by atoms with Crippen LogP contribution in [0.1, 0.15) is 12.5 Å². The summed E-state index contributed by atoms with van der Waals surface area (Å²) in [6, 6.07) is 9.03. The zero-order chi connectivity index (χ0) is 9.97. The first kappa shape index (κ1) is 12.1. The molecular formula is C12H17ClN2. The number of rotatable bonds is 3. The molecule has 0 bridgehead atoms. The van der Waals surface area contributed by atoms with Crippen molar-refractivity contribution in [3.63, 3.8) is 0 Å². The third-order valence-electron chi connectivity index (χ3n) is 2.67. The highest BCUT2D eigenvalue weighted by molar-refractivity contribution is 5.85. The molecule has 1 N–H and O–H groups in total. The van der Waals surface area contributed by atoms with Crippen molar-refractivity contribution in [3.8, 4) is 0 Å². The van der Waals surface area contributed by atoms with E-state index < -0.39 is 0 Å². The number of aromatic nitrogens is 1. The molecule has 0 amide bonds. The molecule has 2 nitrogen and oxygen atoms in total. The largest absolute Gasteiger partial charge is 0.324 e. The predicted molar refractivity (Wildman–Crippen MR) is 66.9 cm³/mol. The van der Waals surface area contributed by atoms with E-state index in [4.69, 9.17) is 0 Å². The second-order valence-electron chi connectivity index (χ2n) is 3.73. The number of pyridine rings is 1.